The van der Waals surface area contributed by atoms with E-state index in [0.717, 1.165) is 5.52 Å². The average molecular weight is 133 g/mol. The van der Waals surface area contributed by atoms with Crippen molar-refractivity contribution >= 4 is 11.3 Å². The molecule has 0 aliphatic rings. The maximum absolute atomic E-state index is 5.57. The molecule has 2 heterocycles. The minimum absolute atomic E-state index is 0.576. The number of anilines is 1. The summed E-state index contributed by atoms with van der Waals surface area (Å²) in [4.78, 5) is 3.94. The van der Waals surface area contributed by atoms with E-state index >= 15 is 0 Å². The average Bonchev–Trinajstić information content (AvgIpc) is 2.36. The van der Waals surface area contributed by atoms with Crippen LogP contribution in [0.2, 0.25) is 0 Å². The van der Waals surface area contributed by atoms with Gasteiger partial charge >= 0.3 is 0 Å². The van der Waals surface area contributed by atoms with Crippen LogP contribution in [0.5, 0.6) is 0 Å². The van der Waals surface area contributed by atoms with E-state index in [-0.39, 0.29) is 0 Å². The summed E-state index contributed by atoms with van der Waals surface area (Å²) in [6.07, 6.45) is 5.49. The van der Waals surface area contributed by atoms with Crippen LogP contribution in [0.15, 0.2) is 30.7 Å². The molecule has 10 heavy (non-hydrogen) atoms. The maximum Gasteiger partial charge on any atom is 0.147 e. The molecule has 0 spiro atoms. The van der Waals surface area contributed by atoms with Crippen molar-refractivity contribution < 1.29 is 0 Å². The predicted octanol–water partition coefficient (Wildman–Crippen LogP) is 0.916. The van der Waals surface area contributed by atoms with Crippen molar-refractivity contribution in [2.45, 2.75) is 0 Å². The number of aromatic nitrogens is 2. The van der Waals surface area contributed by atoms with Crippen LogP contribution in [0.1, 0.15) is 0 Å². The fourth-order valence-electron chi connectivity index (χ4n) is 0.993. The van der Waals surface area contributed by atoms with Crippen LogP contribution in [0.3, 0.4) is 0 Å². The summed E-state index contributed by atoms with van der Waals surface area (Å²) < 4.78 is 1.93. The summed E-state index contributed by atoms with van der Waals surface area (Å²) in [5.41, 5.74) is 6.53. The molecule has 0 bridgehead atoms. The van der Waals surface area contributed by atoms with Gasteiger partial charge in [0.15, 0.2) is 0 Å². The zero-order valence-electron chi connectivity index (χ0n) is 5.36. The summed E-state index contributed by atoms with van der Waals surface area (Å²) in [5, 5.41) is 0. The Kier molecular flexibility index (Phi) is 0.917. The largest absolute Gasteiger partial charge is 0.382 e. The van der Waals surface area contributed by atoms with Crippen molar-refractivity contribution in [1.29, 1.82) is 0 Å². The van der Waals surface area contributed by atoms with Crippen LogP contribution in [-0.4, -0.2) is 9.38 Å². The Hall–Kier alpha value is -1.51. The van der Waals surface area contributed by atoms with Gasteiger partial charge in [-0.1, -0.05) is 0 Å². The number of nitrogens with zero attached hydrogens (tertiary/aromatic N) is 2. The molecule has 0 amide bonds. The van der Waals surface area contributed by atoms with E-state index in [4.69, 9.17) is 5.73 Å². The van der Waals surface area contributed by atoms with E-state index in [1.807, 2.05) is 28.9 Å². The van der Waals surface area contributed by atoms with Gasteiger partial charge in [0, 0.05) is 18.6 Å². The summed E-state index contributed by atoms with van der Waals surface area (Å²) in [7, 11) is 0. The van der Waals surface area contributed by atoms with E-state index in [0.29, 0.717) is 5.82 Å². The number of fused-ring (bicyclic) bond motifs is 1. The highest BCUT2D eigenvalue weighted by Crippen LogP contribution is 2.08. The van der Waals surface area contributed by atoms with Crippen molar-refractivity contribution in [1.82, 2.24) is 9.38 Å². The van der Waals surface area contributed by atoms with Crippen LogP contribution in [0.4, 0.5) is 5.82 Å². The van der Waals surface area contributed by atoms with Gasteiger partial charge in [0.2, 0.25) is 0 Å². The van der Waals surface area contributed by atoms with Crippen molar-refractivity contribution in [3.8, 4) is 0 Å². The summed E-state index contributed by atoms with van der Waals surface area (Å²) >= 11 is 0. The Balaban J connectivity index is 2.95. The lowest BCUT2D eigenvalue weighted by Gasteiger charge is -1.94. The van der Waals surface area contributed by atoms with Gasteiger partial charge in [-0.15, -0.1) is 0 Å². The first-order valence-electron chi connectivity index (χ1n) is 3.05. The zero-order chi connectivity index (χ0) is 6.97. The first-order chi connectivity index (χ1) is 4.88. The van der Waals surface area contributed by atoms with Crippen molar-refractivity contribution in [3.05, 3.63) is 30.7 Å². The molecule has 50 valence electrons. The van der Waals surface area contributed by atoms with Gasteiger partial charge < -0.3 is 10.1 Å². The second-order valence-corrected chi connectivity index (χ2v) is 2.11. The third-order valence-corrected chi connectivity index (χ3v) is 1.48. The van der Waals surface area contributed by atoms with E-state index in [1.165, 1.54) is 0 Å². The molecule has 0 aromatic carbocycles. The summed E-state index contributed by atoms with van der Waals surface area (Å²) in [5.74, 6) is 0.576. The van der Waals surface area contributed by atoms with Gasteiger partial charge in [-0.25, -0.2) is 4.98 Å². The molecule has 3 heteroatoms. The molecule has 2 rings (SSSR count). The minimum Gasteiger partial charge on any atom is -0.382 e. The predicted molar refractivity (Wildman–Crippen MR) is 39.6 cm³/mol. The minimum atomic E-state index is 0.576. The molecule has 0 fully saturated rings. The Labute approximate surface area is 58.1 Å². The molecular formula is C7H7N3. The molecule has 0 unspecified atom stereocenters. The molecule has 0 radical (unpaired) electrons. The van der Waals surface area contributed by atoms with Gasteiger partial charge in [-0.2, -0.15) is 0 Å². The second kappa shape index (κ2) is 1.73. The highest BCUT2D eigenvalue weighted by atomic mass is 14.9. The first kappa shape index (κ1) is 5.29. The third kappa shape index (κ3) is 0.572. The second-order valence-electron chi connectivity index (χ2n) is 2.11. The Morgan fingerprint density at radius 1 is 1.40 bits per heavy atom. The maximum atomic E-state index is 5.57. The van der Waals surface area contributed by atoms with Crippen LogP contribution in [-0.2, 0) is 0 Å². The number of rotatable bonds is 0. The van der Waals surface area contributed by atoms with Gasteiger partial charge in [-0.3, -0.25) is 0 Å². The Morgan fingerprint density at radius 3 is 3.10 bits per heavy atom. The fourth-order valence-corrected chi connectivity index (χ4v) is 0.993. The van der Waals surface area contributed by atoms with Crippen molar-refractivity contribution in [3.63, 3.8) is 0 Å². The highest BCUT2D eigenvalue weighted by Gasteiger charge is 1.93. The summed E-state index contributed by atoms with van der Waals surface area (Å²) in [6, 6.07) is 3.87. The van der Waals surface area contributed by atoms with E-state index < -0.39 is 0 Å². The lowest BCUT2D eigenvalue weighted by atomic mass is 10.5. The molecular weight excluding hydrogens is 126 g/mol. The monoisotopic (exact) mass is 133 g/mol. The third-order valence-electron chi connectivity index (χ3n) is 1.48. The van der Waals surface area contributed by atoms with Crippen LogP contribution < -0.4 is 5.73 Å². The lowest BCUT2D eigenvalue weighted by molar-refractivity contribution is 1.15. The number of hydrogen-bond donors (Lipinski definition) is 1. The van der Waals surface area contributed by atoms with Crippen LogP contribution >= 0.6 is 0 Å². The van der Waals surface area contributed by atoms with E-state index in [9.17, 15) is 0 Å². The molecule has 0 saturated carbocycles. The van der Waals surface area contributed by atoms with Crippen LogP contribution in [0, 0.1) is 0 Å². The van der Waals surface area contributed by atoms with Gasteiger partial charge in [0.05, 0.1) is 5.52 Å². The topological polar surface area (TPSA) is 43.3 Å². The number of nitrogen functional groups attached to an aromatic ring is 1. The van der Waals surface area contributed by atoms with E-state index in [1.54, 1.807) is 6.20 Å². The molecule has 0 aliphatic carbocycles. The standard InChI is InChI=1S/C7H7N3/c8-7-6-2-1-4-10(6)5-3-9-7/h1-5H,(H2,8,9). The SMILES string of the molecule is Nc1nccn2cccc12. The molecule has 2 N–H and O–H groups in total. The Morgan fingerprint density at radius 2 is 2.30 bits per heavy atom. The van der Waals surface area contributed by atoms with Gasteiger partial charge in [0.1, 0.15) is 5.82 Å². The number of hydrogen-bond acceptors (Lipinski definition) is 2. The normalized spacial score (nSPS) is 10.4. The fraction of sp³-hybridized carbons (Fsp3) is 0. The number of nitrogens with two attached hydrogens (primary N) is 1. The smallest absolute Gasteiger partial charge is 0.147 e. The zero-order valence-corrected chi connectivity index (χ0v) is 5.36. The van der Waals surface area contributed by atoms with Crippen LogP contribution in [0.25, 0.3) is 5.52 Å². The molecule has 0 saturated heterocycles. The molecule has 0 aliphatic heterocycles. The van der Waals surface area contributed by atoms with E-state index in [2.05, 4.69) is 4.98 Å². The molecule has 0 atom stereocenters. The summed E-state index contributed by atoms with van der Waals surface area (Å²) in [6.45, 7) is 0. The van der Waals surface area contributed by atoms with Crippen molar-refractivity contribution in [2.75, 3.05) is 5.73 Å². The Bertz CT molecular complexity index is 350. The highest BCUT2D eigenvalue weighted by molar-refractivity contribution is 5.64. The molecule has 2 aromatic heterocycles. The first-order valence-corrected chi connectivity index (χ1v) is 3.05. The quantitative estimate of drug-likeness (QED) is 0.580. The van der Waals surface area contributed by atoms with Gasteiger partial charge in [0.25, 0.3) is 0 Å². The van der Waals surface area contributed by atoms with Gasteiger partial charge in [-0.05, 0) is 12.1 Å². The molecule has 2 aromatic rings. The molecule has 3 nitrogen and oxygen atoms in total. The lowest BCUT2D eigenvalue weighted by Crippen LogP contribution is -1.92. The van der Waals surface area contributed by atoms with Crippen molar-refractivity contribution in [2.24, 2.45) is 0 Å².